The maximum atomic E-state index is 12.9. The summed E-state index contributed by atoms with van der Waals surface area (Å²) in [5.74, 6) is -0.583. The van der Waals surface area contributed by atoms with Gasteiger partial charge in [0.1, 0.15) is 5.69 Å². The van der Waals surface area contributed by atoms with E-state index in [1.807, 2.05) is 0 Å². The number of alkyl halides is 3. The zero-order valence-electron chi connectivity index (χ0n) is 12.0. The molecule has 0 spiro atoms. The Morgan fingerprint density at radius 2 is 1.91 bits per heavy atom. The van der Waals surface area contributed by atoms with E-state index >= 15 is 0 Å². The second-order valence-corrected chi connectivity index (χ2v) is 4.61. The van der Waals surface area contributed by atoms with Crippen LogP contribution in [0.3, 0.4) is 0 Å². The van der Waals surface area contributed by atoms with Crippen molar-refractivity contribution in [1.82, 2.24) is 4.98 Å². The van der Waals surface area contributed by atoms with E-state index in [0.29, 0.717) is 5.56 Å². The van der Waals surface area contributed by atoms with Gasteiger partial charge in [0, 0.05) is 12.6 Å². The number of carbonyl (C=O) groups is 1. The van der Waals surface area contributed by atoms with Crippen molar-refractivity contribution in [2.75, 3.05) is 12.4 Å². The fraction of sp³-hybridized carbons (Fsp3) is 0.200. The molecule has 23 heavy (non-hydrogen) atoms. The van der Waals surface area contributed by atoms with Gasteiger partial charge >= 0.3 is 12.1 Å². The first-order chi connectivity index (χ1) is 10.8. The highest BCUT2D eigenvalue weighted by Gasteiger charge is 2.34. The van der Waals surface area contributed by atoms with E-state index in [-0.39, 0.29) is 17.8 Å². The van der Waals surface area contributed by atoms with Crippen molar-refractivity contribution in [3.63, 3.8) is 0 Å². The highest BCUT2D eigenvalue weighted by molar-refractivity contribution is 5.91. The number of nitrogens with one attached hydrogen (secondary N) is 2. The predicted molar refractivity (Wildman–Crippen MR) is 77.2 cm³/mol. The molecule has 1 heterocycles. The number of methoxy groups -OCH3 is 1. The van der Waals surface area contributed by atoms with Gasteiger partial charge in [-0.15, -0.1) is 0 Å². The molecule has 0 bridgehead atoms. The molecule has 0 fully saturated rings. The van der Waals surface area contributed by atoms with Crippen molar-refractivity contribution in [2.24, 2.45) is 0 Å². The Balaban J connectivity index is 2.29. The second kappa shape index (κ2) is 6.55. The van der Waals surface area contributed by atoms with Gasteiger partial charge in [-0.25, -0.2) is 4.79 Å². The third kappa shape index (κ3) is 3.91. The summed E-state index contributed by atoms with van der Waals surface area (Å²) in [4.78, 5) is 24.5. The highest BCUT2D eigenvalue weighted by atomic mass is 19.4. The Labute approximate surface area is 129 Å². The van der Waals surface area contributed by atoms with E-state index in [0.717, 1.165) is 12.1 Å². The third-order valence-corrected chi connectivity index (χ3v) is 3.09. The third-order valence-electron chi connectivity index (χ3n) is 3.09. The number of benzene rings is 1. The number of pyridine rings is 1. The lowest BCUT2D eigenvalue weighted by atomic mass is 10.1. The number of anilines is 1. The number of hydrogen-bond acceptors (Lipinski definition) is 4. The average molecular weight is 326 g/mol. The van der Waals surface area contributed by atoms with Crippen LogP contribution in [0, 0.1) is 0 Å². The van der Waals surface area contributed by atoms with Crippen molar-refractivity contribution >= 4 is 11.7 Å². The largest absolute Gasteiger partial charge is 0.465 e. The quantitative estimate of drug-likeness (QED) is 0.848. The van der Waals surface area contributed by atoms with E-state index in [4.69, 9.17) is 0 Å². The molecule has 0 saturated carbocycles. The molecule has 0 radical (unpaired) electrons. The molecule has 5 nitrogen and oxygen atoms in total. The van der Waals surface area contributed by atoms with Crippen LogP contribution in [0.5, 0.6) is 0 Å². The Morgan fingerprint density at radius 1 is 1.22 bits per heavy atom. The average Bonchev–Trinajstić information content (AvgIpc) is 2.52. The summed E-state index contributed by atoms with van der Waals surface area (Å²) >= 11 is 0. The van der Waals surface area contributed by atoms with Gasteiger partial charge in [-0.2, -0.15) is 13.2 Å². The zero-order chi connectivity index (χ0) is 17.0. The Hall–Kier alpha value is -2.77. The topological polar surface area (TPSA) is 71.2 Å². The molecule has 0 aliphatic heterocycles. The molecule has 122 valence electrons. The fourth-order valence-electron chi connectivity index (χ4n) is 2.02. The Kier molecular flexibility index (Phi) is 4.73. The molecule has 0 aliphatic carbocycles. The zero-order valence-corrected chi connectivity index (χ0v) is 12.0. The van der Waals surface area contributed by atoms with Crippen molar-refractivity contribution in [3.8, 4) is 0 Å². The lowest BCUT2D eigenvalue weighted by Gasteiger charge is -2.15. The van der Waals surface area contributed by atoms with Gasteiger partial charge in [0.05, 0.1) is 18.4 Å². The maximum absolute atomic E-state index is 12.9. The van der Waals surface area contributed by atoms with Crippen LogP contribution in [-0.4, -0.2) is 18.1 Å². The molecule has 0 saturated heterocycles. The first kappa shape index (κ1) is 16.6. The Bertz CT molecular complexity index is 769. The first-order valence-corrected chi connectivity index (χ1v) is 6.53. The summed E-state index contributed by atoms with van der Waals surface area (Å²) in [5, 5.41) is 2.58. The molecule has 0 aliphatic rings. The molecule has 0 atom stereocenters. The van der Waals surface area contributed by atoms with Crippen LogP contribution >= 0.6 is 0 Å². The van der Waals surface area contributed by atoms with Crippen molar-refractivity contribution in [3.05, 3.63) is 63.6 Å². The number of rotatable bonds is 4. The van der Waals surface area contributed by atoms with E-state index in [1.165, 1.54) is 13.2 Å². The number of halogens is 3. The van der Waals surface area contributed by atoms with Gasteiger partial charge in [-0.1, -0.05) is 18.2 Å². The Morgan fingerprint density at radius 3 is 2.57 bits per heavy atom. The van der Waals surface area contributed by atoms with Gasteiger partial charge in [0.15, 0.2) is 0 Å². The van der Waals surface area contributed by atoms with Gasteiger partial charge < -0.3 is 15.0 Å². The van der Waals surface area contributed by atoms with E-state index < -0.39 is 23.4 Å². The monoisotopic (exact) mass is 326 g/mol. The molecule has 1 aromatic carbocycles. The normalized spacial score (nSPS) is 11.1. The van der Waals surface area contributed by atoms with E-state index in [1.54, 1.807) is 23.2 Å². The van der Waals surface area contributed by atoms with Crippen molar-refractivity contribution in [2.45, 2.75) is 12.7 Å². The van der Waals surface area contributed by atoms with Crippen LogP contribution in [0.2, 0.25) is 0 Å². The van der Waals surface area contributed by atoms with E-state index in [2.05, 4.69) is 10.1 Å². The number of esters is 1. The second-order valence-electron chi connectivity index (χ2n) is 4.61. The summed E-state index contributed by atoms with van der Waals surface area (Å²) in [5.41, 5.74) is -1.57. The smallest absolute Gasteiger partial charge is 0.433 e. The fourth-order valence-corrected chi connectivity index (χ4v) is 2.02. The summed E-state index contributed by atoms with van der Waals surface area (Å²) in [7, 11) is 1.22. The van der Waals surface area contributed by atoms with Gasteiger partial charge in [-0.05, 0) is 17.7 Å². The highest BCUT2D eigenvalue weighted by Crippen LogP contribution is 2.32. The number of aromatic amines is 1. The molecule has 0 unspecified atom stereocenters. The molecule has 8 heteroatoms. The number of ether oxygens (including phenoxy) is 1. The molecule has 2 N–H and O–H groups in total. The number of aromatic nitrogens is 1. The summed E-state index contributed by atoms with van der Waals surface area (Å²) < 4.78 is 43.4. The minimum Gasteiger partial charge on any atom is -0.465 e. The lowest BCUT2D eigenvalue weighted by molar-refractivity contribution is -0.140. The summed E-state index contributed by atoms with van der Waals surface area (Å²) in [6, 6.07) is 8.42. The van der Waals surface area contributed by atoms with Crippen LogP contribution < -0.4 is 10.9 Å². The van der Waals surface area contributed by atoms with Crippen molar-refractivity contribution < 1.29 is 22.7 Å². The minimum atomic E-state index is -4.70. The SMILES string of the molecule is COC(=O)c1ccccc1CNc1ccc(=O)[nH]c1C(F)(F)F. The van der Waals surface area contributed by atoms with Crippen LogP contribution in [0.15, 0.2) is 41.2 Å². The first-order valence-electron chi connectivity index (χ1n) is 6.53. The molecule has 1 aromatic heterocycles. The van der Waals surface area contributed by atoms with Crippen molar-refractivity contribution in [1.29, 1.82) is 0 Å². The van der Waals surface area contributed by atoms with E-state index in [9.17, 15) is 22.8 Å². The molecular formula is C15H13F3N2O3. The molecule has 0 amide bonds. The summed E-state index contributed by atoms with van der Waals surface area (Å²) in [6.07, 6.45) is -4.70. The minimum absolute atomic E-state index is 0.0413. The molecule has 2 aromatic rings. The van der Waals surface area contributed by atoms with Gasteiger partial charge in [-0.3, -0.25) is 4.79 Å². The van der Waals surface area contributed by atoms with Crippen LogP contribution in [0.4, 0.5) is 18.9 Å². The number of carbonyl (C=O) groups excluding carboxylic acids is 1. The lowest BCUT2D eigenvalue weighted by Crippen LogP contribution is -2.19. The summed E-state index contributed by atoms with van der Waals surface area (Å²) in [6.45, 7) is -0.0413. The van der Waals surface area contributed by atoms with Gasteiger partial charge in [0.2, 0.25) is 5.56 Å². The number of hydrogen-bond donors (Lipinski definition) is 2. The standard InChI is InChI=1S/C15H13F3N2O3/c1-23-14(22)10-5-3-2-4-9(10)8-19-11-6-7-12(21)20-13(11)15(16,17)18/h2-7,19H,8H2,1H3,(H,20,21). The molecule has 2 rings (SSSR count). The maximum Gasteiger partial charge on any atom is 0.433 e. The van der Waals surface area contributed by atoms with Crippen LogP contribution in [0.1, 0.15) is 21.6 Å². The van der Waals surface area contributed by atoms with Crippen LogP contribution in [-0.2, 0) is 17.5 Å². The number of H-pyrrole nitrogens is 1. The van der Waals surface area contributed by atoms with Crippen LogP contribution in [0.25, 0.3) is 0 Å². The molecular weight excluding hydrogens is 313 g/mol. The van der Waals surface area contributed by atoms with Gasteiger partial charge in [0.25, 0.3) is 0 Å². The predicted octanol–water partition coefficient (Wildman–Crippen LogP) is 2.79.